The predicted molar refractivity (Wildman–Crippen MR) is 114 cm³/mol. The molecule has 1 saturated carbocycles. The highest BCUT2D eigenvalue weighted by atomic mass is 32.2. The molecular formula is C23H27F3N2O3S. The molecule has 3 aromatic rings. The van der Waals surface area contributed by atoms with Gasteiger partial charge in [-0.3, -0.25) is 0 Å². The number of sulfone groups is 1. The molecule has 0 unspecified atom stereocenters. The smallest absolute Gasteiger partial charge is 0.449 e. The van der Waals surface area contributed by atoms with E-state index in [2.05, 4.69) is 29.8 Å². The maximum Gasteiger partial charge on any atom is 0.449 e. The van der Waals surface area contributed by atoms with E-state index in [1.807, 2.05) is 0 Å². The first kappa shape index (κ1) is 22.9. The number of rotatable bonds is 4. The Morgan fingerprint density at radius 3 is 2.34 bits per heavy atom. The molecule has 1 aliphatic carbocycles. The molecule has 1 aliphatic rings. The Kier molecular flexibility index (Phi) is 5.68. The summed E-state index contributed by atoms with van der Waals surface area (Å²) in [7, 11) is -4.18. The highest BCUT2D eigenvalue weighted by Gasteiger charge is 2.37. The lowest BCUT2D eigenvalue weighted by Crippen LogP contribution is -2.22. The van der Waals surface area contributed by atoms with Crippen LogP contribution in [0.25, 0.3) is 11.0 Å². The van der Waals surface area contributed by atoms with Gasteiger partial charge < -0.3 is 8.98 Å². The molecule has 0 atom stereocenters. The van der Waals surface area contributed by atoms with E-state index in [0.717, 1.165) is 30.7 Å². The highest BCUT2D eigenvalue weighted by Crippen LogP contribution is 2.35. The number of hydrogen-bond donors (Lipinski definition) is 0. The zero-order valence-electron chi connectivity index (χ0n) is 18.4. The van der Waals surface area contributed by atoms with Crippen LogP contribution in [0.4, 0.5) is 13.2 Å². The Balaban J connectivity index is 1.76. The molecule has 2 heterocycles. The fourth-order valence-corrected chi connectivity index (χ4v) is 5.63. The van der Waals surface area contributed by atoms with Crippen molar-refractivity contribution in [2.75, 3.05) is 0 Å². The zero-order valence-corrected chi connectivity index (χ0v) is 19.2. The summed E-state index contributed by atoms with van der Waals surface area (Å²) in [6.45, 7) is 7.01. The van der Waals surface area contributed by atoms with E-state index in [-0.39, 0.29) is 10.3 Å². The lowest BCUT2D eigenvalue weighted by molar-refractivity contribution is -0.153. The van der Waals surface area contributed by atoms with E-state index in [4.69, 9.17) is 4.98 Å². The minimum absolute atomic E-state index is 0.109. The first-order chi connectivity index (χ1) is 14.9. The molecule has 0 N–H and O–H groups in total. The van der Waals surface area contributed by atoms with Crippen LogP contribution in [-0.2, 0) is 28.0 Å². The van der Waals surface area contributed by atoms with Gasteiger partial charge in [0.1, 0.15) is 17.0 Å². The largest absolute Gasteiger partial charge is 0.458 e. The van der Waals surface area contributed by atoms with E-state index in [1.165, 1.54) is 31.4 Å². The maximum atomic E-state index is 13.0. The molecule has 5 nitrogen and oxygen atoms in total. The number of nitrogens with zero attached hydrogens (tertiary/aromatic N) is 2. The number of imidazole rings is 1. The molecule has 32 heavy (non-hydrogen) atoms. The van der Waals surface area contributed by atoms with Crippen LogP contribution < -0.4 is 0 Å². The van der Waals surface area contributed by atoms with Crippen LogP contribution in [-0.4, -0.2) is 18.0 Å². The summed E-state index contributed by atoms with van der Waals surface area (Å²) < 4.78 is 71.1. The van der Waals surface area contributed by atoms with Crippen LogP contribution >= 0.6 is 0 Å². The van der Waals surface area contributed by atoms with Gasteiger partial charge in [-0.1, -0.05) is 40.0 Å². The van der Waals surface area contributed by atoms with Crippen molar-refractivity contribution >= 4 is 20.9 Å². The number of hydrogen-bond acceptors (Lipinski definition) is 4. The maximum absolute atomic E-state index is 13.0. The third kappa shape index (κ3) is 4.31. The standard InChI is InChI=1S/C23H27F3N2O3S/c1-22(2,3)21-27-18-11-16(32(29,30)17-12-20(31-14-17)23(24,25)26)9-10-19(18)28(21)13-15-7-5-4-6-8-15/h9-12,14-15H,4-8,13H2,1-3H3. The molecule has 1 fully saturated rings. The van der Waals surface area contributed by atoms with E-state index >= 15 is 0 Å². The molecular weight excluding hydrogens is 441 g/mol. The summed E-state index contributed by atoms with van der Waals surface area (Å²) in [4.78, 5) is 4.12. The summed E-state index contributed by atoms with van der Waals surface area (Å²) in [5.74, 6) is 0.0802. The van der Waals surface area contributed by atoms with Gasteiger partial charge in [0.15, 0.2) is 0 Å². The Labute approximate surface area is 185 Å². The molecule has 1 aromatic carbocycles. The van der Waals surface area contributed by atoms with E-state index in [1.54, 1.807) is 6.07 Å². The fourth-order valence-electron chi connectivity index (χ4n) is 4.41. The quantitative estimate of drug-likeness (QED) is 0.447. The Morgan fingerprint density at radius 2 is 1.75 bits per heavy atom. The van der Waals surface area contributed by atoms with Gasteiger partial charge in [0.05, 0.1) is 15.9 Å². The second-order valence-electron chi connectivity index (χ2n) is 9.60. The summed E-state index contributed by atoms with van der Waals surface area (Å²) >= 11 is 0. The molecule has 0 saturated heterocycles. The summed E-state index contributed by atoms with van der Waals surface area (Å²) in [6.07, 6.45) is 1.90. The van der Waals surface area contributed by atoms with Crippen molar-refractivity contribution in [2.24, 2.45) is 5.92 Å². The van der Waals surface area contributed by atoms with E-state index in [0.29, 0.717) is 23.8 Å². The third-order valence-electron chi connectivity index (χ3n) is 6.03. The molecule has 2 aromatic heterocycles. The lowest BCUT2D eigenvalue weighted by Gasteiger charge is -2.26. The van der Waals surface area contributed by atoms with Crippen molar-refractivity contribution in [1.82, 2.24) is 9.55 Å². The van der Waals surface area contributed by atoms with Gasteiger partial charge in [-0.25, -0.2) is 13.4 Å². The molecule has 4 rings (SSSR count). The van der Waals surface area contributed by atoms with E-state index < -0.39 is 26.7 Å². The minimum atomic E-state index is -4.75. The van der Waals surface area contributed by atoms with Crippen LogP contribution in [0.15, 0.2) is 44.7 Å². The number of alkyl halides is 3. The van der Waals surface area contributed by atoms with Gasteiger partial charge in [-0.05, 0) is 37.0 Å². The van der Waals surface area contributed by atoms with Crippen molar-refractivity contribution in [3.63, 3.8) is 0 Å². The molecule has 0 bridgehead atoms. The van der Waals surface area contributed by atoms with Crippen LogP contribution in [0, 0.1) is 5.92 Å². The summed E-state index contributed by atoms with van der Waals surface area (Å²) in [6, 6.07) is 5.10. The van der Waals surface area contributed by atoms with E-state index in [9.17, 15) is 21.6 Å². The Bertz CT molecular complexity index is 1230. The summed E-state index contributed by atoms with van der Waals surface area (Å²) in [5.41, 5.74) is 1.10. The first-order valence-electron chi connectivity index (χ1n) is 10.8. The van der Waals surface area contributed by atoms with Crippen molar-refractivity contribution in [3.05, 3.63) is 42.1 Å². The fraction of sp³-hybridized carbons (Fsp3) is 0.522. The second-order valence-corrected chi connectivity index (χ2v) is 11.5. The lowest BCUT2D eigenvalue weighted by atomic mass is 9.88. The SMILES string of the molecule is CC(C)(C)c1nc2cc(S(=O)(=O)c3coc(C(F)(F)F)c3)ccc2n1CC1CCCCC1. The number of fused-ring (bicyclic) bond motifs is 1. The Morgan fingerprint density at radius 1 is 1.06 bits per heavy atom. The molecule has 0 aliphatic heterocycles. The third-order valence-corrected chi connectivity index (χ3v) is 7.74. The summed E-state index contributed by atoms with van der Waals surface area (Å²) in [5, 5.41) is 0. The molecule has 0 radical (unpaired) electrons. The van der Waals surface area contributed by atoms with Gasteiger partial charge in [-0.2, -0.15) is 13.2 Å². The van der Waals surface area contributed by atoms with Crippen molar-refractivity contribution in [2.45, 2.75) is 80.8 Å². The normalized spacial score (nSPS) is 16.7. The minimum Gasteiger partial charge on any atom is -0.458 e. The molecule has 174 valence electrons. The van der Waals surface area contributed by atoms with Gasteiger partial charge >= 0.3 is 6.18 Å². The number of furan rings is 1. The van der Waals surface area contributed by atoms with Crippen molar-refractivity contribution in [1.29, 1.82) is 0 Å². The van der Waals surface area contributed by atoms with Crippen LogP contribution in [0.1, 0.15) is 64.5 Å². The Hall–Kier alpha value is -2.29. The molecule has 0 spiro atoms. The van der Waals surface area contributed by atoms with Gasteiger partial charge in [-0.15, -0.1) is 0 Å². The first-order valence-corrected chi connectivity index (χ1v) is 12.3. The van der Waals surface area contributed by atoms with Gasteiger partial charge in [0.2, 0.25) is 15.6 Å². The van der Waals surface area contributed by atoms with Crippen LogP contribution in [0.2, 0.25) is 0 Å². The van der Waals surface area contributed by atoms with Crippen molar-refractivity contribution < 1.29 is 26.0 Å². The number of aromatic nitrogens is 2. The average molecular weight is 469 g/mol. The monoisotopic (exact) mass is 468 g/mol. The van der Waals surface area contributed by atoms with Gasteiger partial charge in [0.25, 0.3) is 0 Å². The highest BCUT2D eigenvalue weighted by molar-refractivity contribution is 7.91. The topological polar surface area (TPSA) is 65.1 Å². The number of halogens is 3. The van der Waals surface area contributed by atoms with Crippen molar-refractivity contribution in [3.8, 4) is 0 Å². The average Bonchev–Trinajstić information content (AvgIpc) is 3.34. The second kappa shape index (κ2) is 7.93. The van der Waals surface area contributed by atoms with Crippen LogP contribution in [0.5, 0.6) is 0 Å². The number of benzene rings is 1. The molecule has 0 amide bonds. The predicted octanol–water partition coefficient (Wildman–Crippen LogP) is 6.36. The zero-order chi connectivity index (χ0) is 23.3. The van der Waals surface area contributed by atoms with Crippen LogP contribution in [0.3, 0.4) is 0 Å². The van der Waals surface area contributed by atoms with Gasteiger partial charge in [0, 0.05) is 18.0 Å². The molecule has 9 heteroatoms.